The lowest BCUT2D eigenvalue weighted by atomic mass is 10.6. The van der Waals surface area contributed by atoms with Crippen LogP contribution in [0.2, 0.25) is 0 Å². The molecule has 0 aliphatic rings. The number of hydrogen-bond donors (Lipinski definition) is 1. The van der Waals surface area contributed by atoms with Gasteiger partial charge in [0, 0.05) is 18.7 Å². The molecule has 0 amide bonds. The van der Waals surface area contributed by atoms with Gasteiger partial charge in [-0.2, -0.15) is 4.98 Å². The van der Waals surface area contributed by atoms with Crippen LogP contribution in [0, 0.1) is 0 Å². The van der Waals surface area contributed by atoms with E-state index in [1.54, 1.807) is 13.1 Å². The Balaban J connectivity index is 2.78. The van der Waals surface area contributed by atoms with Gasteiger partial charge in [0.15, 0.2) is 5.16 Å². The summed E-state index contributed by atoms with van der Waals surface area (Å²) in [6.07, 6.45) is 3.67. The first-order valence-electron chi connectivity index (χ1n) is 4.16. The zero-order chi connectivity index (χ0) is 11.3. The molecule has 0 bridgehead atoms. The summed E-state index contributed by atoms with van der Waals surface area (Å²) in [5.41, 5.74) is -1.48. The van der Waals surface area contributed by atoms with Gasteiger partial charge in [-0.05, 0) is 0 Å². The van der Waals surface area contributed by atoms with Crippen LogP contribution in [0.4, 0.5) is 0 Å². The SMILES string of the molecule is Cn1[nH]c(=O)c(=O)nc1SC/C=C/CCl. The number of aryl methyl sites for hydroxylation is 1. The number of thioether (sulfide) groups is 1. The van der Waals surface area contributed by atoms with E-state index >= 15 is 0 Å². The fraction of sp³-hybridized carbons (Fsp3) is 0.375. The van der Waals surface area contributed by atoms with E-state index < -0.39 is 11.1 Å². The highest BCUT2D eigenvalue weighted by atomic mass is 35.5. The summed E-state index contributed by atoms with van der Waals surface area (Å²) in [4.78, 5) is 25.5. The molecule has 0 spiro atoms. The lowest BCUT2D eigenvalue weighted by Gasteiger charge is -2.03. The molecule has 0 saturated carbocycles. The number of nitrogens with one attached hydrogen (secondary N) is 1. The topological polar surface area (TPSA) is 67.8 Å². The third kappa shape index (κ3) is 3.56. The molecule has 0 fully saturated rings. The molecular formula is C8H10ClN3O2S. The quantitative estimate of drug-likeness (QED) is 0.361. The number of rotatable bonds is 4. The molecule has 0 saturated heterocycles. The van der Waals surface area contributed by atoms with Crippen molar-refractivity contribution in [2.75, 3.05) is 11.6 Å². The Hall–Kier alpha value is -1.01. The number of H-pyrrole nitrogens is 1. The molecule has 0 aliphatic carbocycles. The van der Waals surface area contributed by atoms with Crippen LogP contribution >= 0.6 is 23.4 Å². The summed E-state index contributed by atoms with van der Waals surface area (Å²) >= 11 is 6.79. The van der Waals surface area contributed by atoms with Gasteiger partial charge in [0.1, 0.15) is 0 Å². The van der Waals surface area contributed by atoms with Crippen molar-refractivity contribution in [1.29, 1.82) is 0 Å². The number of nitrogens with zero attached hydrogens (tertiary/aromatic N) is 2. The average molecular weight is 248 g/mol. The highest BCUT2D eigenvalue weighted by molar-refractivity contribution is 7.99. The maximum absolute atomic E-state index is 11.0. The van der Waals surface area contributed by atoms with Crippen LogP contribution in [0.3, 0.4) is 0 Å². The molecule has 1 aromatic heterocycles. The number of aromatic nitrogens is 3. The monoisotopic (exact) mass is 247 g/mol. The Kier molecular flexibility index (Phi) is 4.64. The molecule has 1 aromatic rings. The molecule has 0 aliphatic heterocycles. The summed E-state index contributed by atoms with van der Waals surface area (Å²) in [5, 5.41) is 2.83. The van der Waals surface area contributed by atoms with E-state index in [9.17, 15) is 9.59 Å². The van der Waals surface area contributed by atoms with E-state index in [4.69, 9.17) is 11.6 Å². The smallest absolute Gasteiger partial charge is 0.265 e. The Morgan fingerprint density at radius 3 is 2.93 bits per heavy atom. The predicted molar refractivity (Wildman–Crippen MR) is 60.7 cm³/mol. The molecule has 0 aromatic carbocycles. The van der Waals surface area contributed by atoms with Crippen molar-refractivity contribution < 1.29 is 0 Å². The molecule has 1 N–H and O–H groups in total. The fourth-order valence-electron chi connectivity index (χ4n) is 0.843. The number of aromatic amines is 1. The molecular weight excluding hydrogens is 238 g/mol. The van der Waals surface area contributed by atoms with Gasteiger partial charge >= 0.3 is 11.1 Å². The van der Waals surface area contributed by atoms with Crippen molar-refractivity contribution in [2.45, 2.75) is 5.16 Å². The summed E-state index contributed by atoms with van der Waals surface area (Å²) < 4.78 is 1.42. The minimum Gasteiger partial charge on any atom is -0.265 e. The number of allylic oxidation sites excluding steroid dienone is 1. The van der Waals surface area contributed by atoms with E-state index in [-0.39, 0.29) is 0 Å². The van der Waals surface area contributed by atoms with Gasteiger partial charge in [0.25, 0.3) is 0 Å². The molecule has 15 heavy (non-hydrogen) atoms. The van der Waals surface area contributed by atoms with Gasteiger partial charge < -0.3 is 0 Å². The fourth-order valence-corrected chi connectivity index (χ4v) is 1.74. The molecule has 0 unspecified atom stereocenters. The van der Waals surface area contributed by atoms with Crippen molar-refractivity contribution in [3.05, 3.63) is 32.9 Å². The van der Waals surface area contributed by atoms with E-state index in [0.717, 1.165) is 0 Å². The van der Waals surface area contributed by atoms with E-state index in [1.165, 1.54) is 16.4 Å². The first kappa shape index (κ1) is 12.1. The van der Waals surface area contributed by atoms with Gasteiger partial charge in [0.05, 0.1) is 0 Å². The number of alkyl halides is 1. The zero-order valence-electron chi connectivity index (χ0n) is 8.07. The van der Waals surface area contributed by atoms with Gasteiger partial charge in [-0.15, -0.1) is 11.6 Å². The minimum absolute atomic E-state index is 0.457. The standard InChI is InChI=1S/C8H10ClN3O2S/c1-12-8(15-5-3-2-4-9)10-6(13)7(14)11-12/h2-3H,4-5H2,1H3,(H,11,14)/b3-2+. The second-order valence-electron chi connectivity index (χ2n) is 2.64. The van der Waals surface area contributed by atoms with Crippen molar-refractivity contribution in [3.8, 4) is 0 Å². The molecule has 7 heteroatoms. The summed E-state index contributed by atoms with van der Waals surface area (Å²) in [6, 6.07) is 0. The Bertz CT molecular complexity index is 466. The van der Waals surface area contributed by atoms with Crippen molar-refractivity contribution in [2.24, 2.45) is 7.05 Å². The summed E-state index contributed by atoms with van der Waals surface area (Å²) in [6.45, 7) is 0. The third-order valence-corrected chi connectivity index (χ3v) is 2.67. The van der Waals surface area contributed by atoms with Gasteiger partial charge in [0.2, 0.25) is 0 Å². The van der Waals surface area contributed by atoms with Crippen molar-refractivity contribution in [1.82, 2.24) is 14.8 Å². The second kappa shape index (κ2) is 5.77. The van der Waals surface area contributed by atoms with Crippen LogP contribution < -0.4 is 11.1 Å². The lowest BCUT2D eigenvalue weighted by molar-refractivity contribution is 0.597. The lowest BCUT2D eigenvalue weighted by Crippen LogP contribution is -2.33. The van der Waals surface area contributed by atoms with E-state index in [1.807, 2.05) is 6.08 Å². The van der Waals surface area contributed by atoms with Gasteiger partial charge in [-0.1, -0.05) is 23.9 Å². The third-order valence-electron chi connectivity index (χ3n) is 1.51. The molecule has 0 atom stereocenters. The zero-order valence-corrected chi connectivity index (χ0v) is 9.64. The maximum Gasteiger partial charge on any atom is 0.339 e. The molecule has 1 heterocycles. The van der Waals surface area contributed by atoms with E-state index in [2.05, 4.69) is 10.1 Å². The van der Waals surface area contributed by atoms with Gasteiger partial charge in [-0.3, -0.25) is 19.4 Å². The van der Waals surface area contributed by atoms with Gasteiger partial charge in [-0.25, -0.2) is 0 Å². The Labute approximate surface area is 95.2 Å². The van der Waals surface area contributed by atoms with Crippen LogP contribution in [0.15, 0.2) is 26.9 Å². The molecule has 1 rings (SSSR count). The minimum atomic E-state index is -0.767. The predicted octanol–water partition coefficient (Wildman–Crippen LogP) is 0.356. The van der Waals surface area contributed by atoms with Crippen LogP contribution in [0.5, 0.6) is 0 Å². The summed E-state index contributed by atoms with van der Waals surface area (Å²) in [5.74, 6) is 1.11. The maximum atomic E-state index is 11.0. The van der Waals surface area contributed by atoms with Crippen LogP contribution in [-0.2, 0) is 7.05 Å². The normalized spacial score (nSPS) is 11.1. The van der Waals surface area contributed by atoms with Crippen LogP contribution in [-0.4, -0.2) is 26.4 Å². The largest absolute Gasteiger partial charge is 0.339 e. The van der Waals surface area contributed by atoms with Crippen LogP contribution in [0.25, 0.3) is 0 Å². The second-order valence-corrected chi connectivity index (χ2v) is 3.93. The van der Waals surface area contributed by atoms with Crippen LogP contribution in [0.1, 0.15) is 0 Å². The number of hydrogen-bond acceptors (Lipinski definition) is 4. The highest BCUT2D eigenvalue weighted by Gasteiger charge is 2.02. The first-order chi connectivity index (χ1) is 7.15. The average Bonchev–Trinajstić information content (AvgIpc) is 2.20. The first-order valence-corrected chi connectivity index (χ1v) is 5.68. The van der Waals surface area contributed by atoms with Crippen molar-refractivity contribution in [3.63, 3.8) is 0 Å². The number of halogens is 1. The summed E-state index contributed by atoms with van der Waals surface area (Å²) in [7, 11) is 1.63. The molecule has 0 radical (unpaired) electrons. The Morgan fingerprint density at radius 1 is 1.53 bits per heavy atom. The van der Waals surface area contributed by atoms with Crippen molar-refractivity contribution >= 4 is 23.4 Å². The molecule has 82 valence electrons. The molecule has 5 nitrogen and oxygen atoms in total. The highest BCUT2D eigenvalue weighted by Crippen LogP contribution is 2.10. The Morgan fingerprint density at radius 2 is 2.27 bits per heavy atom. The van der Waals surface area contributed by atoms with E-state index in [0.29, 0.717) is 16.8 Å².